The fourth-order valence-electron chi connectivity index (χ4n) is 2.70. The number of ether oxygens (including phenoxy) is 2. The third-order valence-corrected chi connectivity index (χ3v) is 4.20. The molecule has 0 aliphatic heterocycles. The van der Waals surface area contributed by atoms with E-state index in [1.807, 2.05) is 0 Å². The van der Waals surface area contributed by atoms with Crippen molar-refractivity contribution in [2.45, 2.75) is 26.1 Å². The molecule has 2 aromatic rings. The Balaban J connectivity index is 2.25. The maximum atomic E-state index is 12.5. The molecule has 2 rings (SSSR count). The molecule has 0 aliphatic rings. The lowest BCUT2D eigenvalue weighted by molar-refractivity contribution is -0.124. The van der Waals surface area contributed by atoms with Crippen LogP contribution in [0, 0.1) is 0 Å². The van der Waals surface area contributed by atoms with Gasteiger partial charge in [0.05, 0.1) is 0 Å². The lowest BCUT2D eigenvalue weighted by Crippen LogP contribution is -2.28. The van der Waals surface area contributed by atoms with Crippen LogP contribution in [-0.4, -0.2) is 40.8 Å². The van der Waals surface area contributed by atoms with Gasteiger partial charge in [-0.25, -0.2) is 10.3 Å². The summed E-state index contributed by atoms with van der Waals surface area (Å²) < 4.78 is 11.2. The number of rotatable bonds is 9. The van der Waals surface area contributed by atoms with E-state index in [0.29, 0.717) is 16.8 Å². The first-order chi connectivity index (χ1) is 14.8. The van der Waals surface area contributed by atoms with Crippen molar-refractivity contribution < 1.29 is 34.2 Å². The third-order valence-electron chi connectivity index (χ3n) is 4.20. The van der Waals surface area contributed by atoms with Crippen molar-refractivity contribution in [3.63, 3.8) is 0 Å². The predicted molar refractivity (Wildman–Crippen MR) is 112 cm³/mol. The van der Waals surface area contributed by atoms with Crippen LogP contribution in [0.4, 0.5) is 10.5 Å². The van der Waals surface area contributed by atoms with Crippen molar-refractivity contribution in [3.8, 4) is 5.75 Å². The minimum atomic E-state index is -0.972. The fourth-order valence-corrected chi connectivity index (χ4v) is 2.70. The highest BCUT2D eigenvalue weighted by Crippen LogP contribution is 2.27. The molecule has 9 nitrogen and oxygen atoms in total. The van der Waals surface area contributed by atoms with Gasteiger partial charge in [0.1, 0.15) is 11.9 Å². The quantitative estimate of drug-likeness (QED) is 0.208. The summed E-state index contributed by atoms with van der Waals surface area (Å²) in [6.07, 6.45) is -0.229. The van der Waals surface area contributed by atoms with Gasteiger partial charge in [0.25, 0.3) is 5.91 Å². The molecule has 0 spiro atoms. The molecule has 2 aromatic carbocycles. The summed E-state index contributed by atoms with van der Waals surface area (Å²) >= 11 is 0. The number of nitrogens with one attached hydrogen (secondary N) is 2. The molecule has 4 N–H and O–H groups in total. The molecule has 0 unspecified atom stereocenters. The van der Waals surface area contributed by atoms with E-state index in [0.717, 1.165) is 6.08 Å². The van der Waals surface area contributed by atoms with Crippen LogP contribution in [0.25, 0.3) is 0 Å². The third kappa shape index (κ3) is 7.25. The van der Waals surface area contributed by atoms with Crippen LogP contribution in [0.2, 0.25) is 0 Å². The topological polar surface area (TPSA) is 134 Å². The largest absolute Gasteiger partial charge is 0.508 e. The maximum Gasteiger partial charge on any atom is 0.412 e. The van der Waals surface area contributed by atoms with Crippen LogP contribution >= 0.6 is 0 Å². The molecule has 31 heavy (non-hydrogen) atoms. The minimum Gasteiger partial charge on any atom is -0.508 e. The molecule has 0 radical (unpaired) electrons. The number of hydrogen-bond acceptors (Lipinski definition) is 7. The smallest absolute Gasteiger partial charge is 0.412 e. The molecule has 2 amide bonds. The molecule has 0 aromatic heterocycles. The number of phenolic OH excluding ortho intramolecular Hbond substituents is 1. The Morgan fingerprint density at radius 1 is 1.06 bits per heavy atom. The molecule has 9 heteroatoms. The van der Waals surface area contributed by atoms with Crippen molar-refractivity contribution in [1.82, 2.24) is 5.48 Å². The number of anilines is 1. The van der Waals surface area contributed by atoms with Crippen LogP contribution in [0.15, 0.2) is 60.7 Å². The molecule has 0 saturated carbocycles. The number of hydrogen-bond donors (Lipinski definition) is 4. The van der Waals surface area contributed by atoms with Gasteiger partial charge in [-0.2, -0.15) is 0 Å². The summed E-state index contributed by atoms with van der Waals surface area (Å²) in [5, 5.41) is 20.8. The van der Waals surface area contributed by atoms with Gasteiger partial charge in [0.15, 0.2) is 11.9 Å². The average molecular weight is 428 g/mol. The second-order valence-corrected chi connectivity index (χ2v) is 6.43. The van der Waals surface area contributed by atoms with Gasteiger partial charge in [-0.05, 0) is 61.9 Å². The van der Waals surface area contributed by atoms with Crippen LogP contribution in [-0.2, 0) is 14.3 Å². The van der Waals surface area contributed by atoms with Gasteiger partial charge in [0, 0.05) is 23.9 Å². The first-order valence-electron chi connectivity index (χ1n) is 9.45. The lowest BCUT2D eigenvalue weighted by atomic mass is 10.0. The number of carbonyl (C=O) groups excluding carboxylic acids is 3. The predicted octanol–water partition coefficient (Wildman–Crippen LogP) is 3.35. The van der Waals surface area contributed by atoms with Gasteiger partial charge in [0.2, 0.25) is 0 Å². The first-order valence-corrected chi connectivity index (χ1v) is 9.45. The van der Waals surface area contributed by atoms with E-state index >= 15 is 0 Å². The molecule has 0 fully saturated rings. The van der Waals surface area contributed by atoms with Crippen molar-refractivity contribution in [2.75, 3.05) is 11.9 Å². The number of hydroxylamine groups is 1. The number of phenols is 1. The monoisotopic (exact) mass is 428 g/mol. The summed E-state index contributed by atoms with van der Waals surface area (Å²) in [7, 11) is 0. The fraction of sp³-hybridized carbons (Fsp3) is 0.227. The van der Waals surface area contributed by atoms with Gasteiger partial charge in [-0.1, -0.05) is 12.1 Å². The number of benzene rings is 2. The minimum absolute atomic E-state index is 0.0284. The number of ketones is 1. The van der Waals surface area contributed by atoms with Gasteiger partial charge < -0.3 is 14.6 Å². The highest BCUT2D eigenvalue weighted by Gasteiger charge is 2.26. The summed E-state index contributed by atoms with van der Waals surface area (Å²) in [5.74, 6) is -0.843. The summed E-state index contributed by atoms with van der Waals surface area (Å²) in [5.41, 5.74) is 2.91. The molecular formula is C22H24N2O7. The average Bonchev–Trinajstić information content (AvgIpc) is 2.76. The molecule has 164 valence electrons. The number of amides is 2. The Morgan fingerprint density at radius 3 is 2.26 bits per heavy atom. The SMILES string of the molecule is CCO[C@H](/C=C/C(=O)NO)[C@H](OC(=O)Nc1ccc(C(C)=O)cc1)c1ccc(O)cc1. The van der Waals surface area contributed by atoms with E-state index < -0.39 is 24.2 Å². The van der Waals surface area contributed by atoms with Crippen molar-refractivity contribution in [3.05, 3.63) is 71.8 Å². The van der Waals surface area contributed by atoms with E-state index in [-0.39, 0.29) is 18.1 Å². The van der Waals surface area contributed by atoms with Crippen LogP contribution in [0.1, 0.15) is 35.9 Å². The zero-order valence-corrected chi connectivity index (χ0v) is 17.1. The van der Waals surface area contributed by atoms with Crippen LogP contribution in [0.5, 0.6) is 5.75 Å². The zero-order valence-electron chi connectivity index (χ0n) is 17.1. The Labute approximate surface area is 179 Å². The highest BCUT2D eigenvalue weighted by molar-refractivity contribution is 5.95. The maximum absolute atomic E-state index is 12.5. The van der Waals surface area contributed by atoms with E-state index in [1.54, 1.807) is 43.3 Å². The highest BCUT2D eigenvalue weighted by atomic mass is 16.6. The summed E-state index contributed by atoms with van der Waals surface area (Å²) in [4.78, 5) is 35.3. The second-order valence-electron chi connectivity index (χ2n) is 6.43. The van der Waals surface area contributed by atoms with E-state index in [9.17, 15) is 19.5 Å². The van der Waals surface area contributed by atoms with Crippen molar-refractivity contribution >= 4 is 23.5 Å². The number of carbonyl (C=O) groups is 3. The first kappa shape index (κ1) is 23.6. The normalized spacial score (nSPS) is 12.7. The molecule has 0 saturated heterocycles. The molecule has 0 aliphatic carbocycles. The zero-order chi connectivity index (χ0) is 22.8. The van der Waals surface area contributed by atoms with Crippen LogP contribution < -0.4 is 10.8 Å². The molecular weight excluding hydrogens is 404 g/mol. The Kier molecular flexibility index (Phi) is 8.74. The molecule has 0 heterocycles. The van der Waals surface area contributed by atoms with Crippen molar-refractivity contribution in [2.24, 2.45) is 0 Å². The van der Waals surface area contributed by atoms with Gasteiger partial charge in [-0.15, -0.1) is 0 Å². The standard InChI is InChI=1S/C22H24N2O7/c1-3-30-19(12-13-20(27)24-29)21(16-6-10-18(26)11-7-16)31-22(28)23-17-8-4-15(5-9-17)14(2)25/h4-13,19,21,26,29H,3H2,1-2H3,(H,23,28)(H,24,27)/b13-12+/t19-,21-/m1/s1. The van der Waals surface area contributed by atoms with Gasteiger partial charge in [-0.3, -0.25) is 20.1 Å². The van der Waals surface area contributed by atoms with E-state index in [2.05, 4.69) is 5.32 Å². The number of aromatic hydroxyl groups is 1. The van der Waals surface area contributed by atoms with E-state index in [1.165, 1.54) is 30.6 Å². The summed E-state index contributed by atoms with van der Waals surface area (Å²) in [6.45, 7) is 3.43. The van der Waals surface area contributed by atoms with E-state index in [4.69, 9.17) is 14.7 Å². The second kappa shape index (κ2) is 11.5. The van der Waals surface area contributed by atoms with Gasteiger partial charge >= 0.3 is 6.09 Å². The summed E-state index contributed by atoms with van der Waals surface area (Å²) in [6, 6.07) is 12.3. The molecule has 2 atom stereocenters. The van der Waals surface area contributed by atoms with Crippen LogP contribution in [0.3, 0.4) is 0 Å². The van der Waals surface area contributed by atoms with Crippen molar-refractivity contribution in [1.29, 1.82) is 0 Å². The molecule has 0 bridgehead atoms. The Morgan fingerprint density at radius 2 is 1.71 bits per heavy atom. The lowest BCUT2D eigenvalue weighted by Gasteiger charge is -2.25. The Bertz CT molecular complexity index is 924. The Hall–Kier alpha value is -3.69. The number of Topliss-reactive ketones (excluding diaryl/α,β-unsaturated/α-hetero) is 1.